The molecule has 0 radical (unpaired) electrons. The molecule has 0 heterocycles. The SMILES string of the molecule is COC(=O)CNCC(C)C. The monoisotopic (exact) mass is 145 g/mol. The Kier molecular flexibility index (Phi) is 4.94. The van der Waals surface area contributed by atoms with Gasteiger partial charge < -0.3 is 10.1 Å². The van der Waals surface area contributed by atoms with Crippen LogP contribution in [0.4, 0.5) is 0 Å². The van der Waals surface area contributed by atoms with E-state index in [9.17, 15) is 4.79 Å². The van der Waals surface area contributed by atoms with Gasteiger partial charge in [0.2, 0.25) is 0 Å². The van der Waals surface area contributed by atoms with Crippen molar-refractivity contribution in [3.05, 3.63) is 0 Å². The lowest BCUT2D eigenvalue weighted by Gasteiger charge is -2.04. The molecule has 0 rings (SSSR count). The van der Waals surface area contributed by atoms with E-state index in [2.05, 4.69) is 23.9 Å². The van der Waals surface area contributed by atoms with E-state index in [1.165, 1.54) is 7.11 Å². The van der Waals surface area contributed by atoms with Gasteiger partial charge in [0.1, 0.15) is 0 Å². The molecule has 0 aliphatic rings. The van der Waals surface area contributed by atoms with Gasteiger partial charge in [0.05, 0.1) is 13.7 Å². The summed E-state index contributed by atoms with van der Waals surface area (Å²) in [7, 11) is 1.39. The number of carbonyl (C=O) groups excluding carboxylic acids is 1. The smallest absolute Gasteiger partial charge is 0.319 e. The zero-order chi connectivity index (χ0) is 7.98. The van der Waals surface area contributed by atoms with Crippen molar-refractivity contribution in [3.63, 3.8) is 0 Å². The second-order valence-corrected chi connectivity index (χ2v) is 2.60. The topological polar surface area (TPSA) is 38.3 Å². The largest absolute Gasteiger partial charge is 0.468 e. The van der Waals surface area contributed by atoms with Crippen LogP contribution in [0.5, 0.6) is 0 Å². The van der Waals surface area contributed by atoms with E-state index in [1.54, 1.807) is 0 Å². The van der Waals surface area contributed by atoms with Gasteiger partial charge in [0, 0.05) is 0 Å². The maximum absolute atomic E-state index is 10.5. The third kappa shape index (κ3) is 5.56. The maximum Gasteiger partial charge on any atom is 0.319 e. The number of ether oxygens (including phenoxy) is 1. The zero-order valence-corrected chi connectivity index (χ0v) is 6.81. The van der Waals surface area contributed by atoms with Crippen LogP contribution < -0.4 is 5.32 Å². The first kappa shape index (κ1) is 9.43. The fourth-order valence-electron chi connectivity index (χ4n) is 0.535. The standard InChI is InChI=1S/C7H15NO2/c1-6(2)4-8-5-7(9)10-3/h6,8H,4-5H2,1-3H3. The molecule has 0 aliphatic heterocycles. The highest BCUT2D eigenvalue weighted by atomic mass is 16.5. The van der Waals surface area contributed by atoms with Crippen LogP contribution in [-0.2, 0) is 9.53 Å². The van der Waals surface area contributed by atoms with Crippen LogP contribution in [0.15, 0.2) is 0 Å². The van der Waals surface area contributed by atoms with Crippen molar-refractivity contribution in [3.8, 4) is 0 Å². The molecule has 0 aliphatic carbocycles. The van der Waals surface area contributed by atoms with Gasteiger partial charge in [0.25, 0.3) is 0 Å². The second-order valence-electron chi connectivity index (χ2n) is 2.60. The Morgan fingerprint density at radius 2 is 2.20 bits per heavy atom. The van der Waals surface area contributed by atoms with Crippen LogP contribution in [0.1, 0.15) is 13.8 Å². The third-order valence-corrected chi connectivity index (χ3v) is 1.05. The van der Waals surface area contributed by atoms with E-state index >= 15 is 0 Å². The number of hydrogen-bond acceptors (Lipinski definition) is 3. The first-order valence-electron chi connectivity index (χ1n) is 3.44. The maximum atomic E-state index is 10.5. The first-order valence-corrected chi connectivity index (χ1v) is 3.44. The molecule has 10 heavy (non-hydrogen) atoms. The number of nitrogens with one attached hydrogen (secondary N) is 1. The van der Waals surface area contributed by atoms with E-state index in [0.29, 0.717) is 12.5 Å². The van der Waals surface area contributed by atoms with Crippen molar-refractivity contribution in [1.29, 1.82) is 0 Å². The van der Waals surface area contributed by atoms with E-state index in [4.69, 9.17) is 0 Å². The molecule has 0 amide bonds. The summed E-state index contributed by atoms with van der Waals surface area (Å²) in [5.41, 5.74) is 0. The summed E-state index contributed by atoms with van der Waals surface area (Å²) in [5, 5.41) is 2.96. The van der Waals surface area contributed by atoms with Gasteiger partial charge >= 0.3 is 5.97 Å². The molecular weight excluding hydrogens is 130 g/mol. The highest BCUT2D eigenvalue weighted by molar-refractivity contribution is 5.71. The van der Waals surface area contributed by atoms with Gasteiger partial charge in [-0.1, -0.05) is 13.8 Å². The van der Waals surface area contributed by atoms with Crippen molar-refractivity contribution in [2.45, 2.75) is 13.8 Å². The Morgan fingerprint density at radius 3 is 2.60 bits per heavy atom. The Balaban J connectivity index is 3.12. The molecule has 1 N–H and O–H groups in total. The van der Waals surface area contributed by atoms with Gasteiger partial charge in [-0.05, 0) is 12.5 Å². The number of carbonyl (C=O) groups is 1. The molecule has 0 aromatic rings. The quantitative estimate of drug-likeness (QED) is 0.582. The number of rotatable bonds is 4. The van der Waals surface area contributed by atoms with E-state index < -0.39 is 0 Å². The van der Waals surface area contributed by atoms with Crippen LogP contribution in [0.25, 0.3) is 0 Å². The fraction of sp³-hybridized carbons (Fsp3) is 0.857. The van der Waals surface area contributed by atoms with Crippen molar-refractivity contribution in [2.24, 2.45) is 5.92 Å². The molecule has 60 valence electrons. The number of hydrogen-bond donors (Lipinski definition) is 1. The van der Waals surface area contributed by atoms with Crippen LogP contribution in [0.2, 0.25) is 0 Å². The van der Waals surface area contributed by atoms with Crippen LogP contribution in [0.3, 0.4) is 0 Å². The Labute approximate surface area is 61.8 Å². The van der Waals surface area contributed by atoms with Crippen molar-refractivity contribution >= 4 is 5.97 Å². The van der Waals surface area contributed by atoms with Gasteiger partial charge in [-0.15, -0.1) is 0 Å². The molecule has 0 unspecified atom stereocenters. The Bertz CT molecular complexity index is 102. The predicted octanol–water partition coefficient (Wildman–Crippen LogP) is 0.405. The molecule has 0 saturated carbocycles. The van der Waals surface area contributed by atoms with Crippen LogP contribution in [0, 0.1) is 5.92 Å². The van der Waals surface area contributed by atoms with Crippen molar-refractivity contribution < 1.29 is 9.53 Å². The summed E-state index contributed by atoms with van der Waals surface area (Å²) in [6.07, 6.45) is 0. The van der Waals surface area contributed by atoms with Crippen LogP contribution in [-0.4, -0.2) is 26.2 Å². The van der Waals surface area contributed by atoms with Crippen LogP contribution >= 0.6 is 0 Å². The molecule has 0 aromatic heterocycles. The van der Waals surface area contributed by atoms with Gasteiger partial charge in [-0.2, -0.15) is 0 Å². The third-order valence-electron chi connectivity index (χ3n) is 1.05. The minimum absolute atomic E-state index is 0.208. The lowest BCUT2D eigenvalue weighted by Crippen LogP contribution is -2.27. The lowest BCUT2D eigenvalue weighted by molar-refractivity contribution is -0.139. The number of esters is 1. The highest BCUT2D eigenvalue weighted by Gasteiger charge is 1.98. The minimum atomic E-state index is -0.208. The minimum Gasteiger partial charge on any atom is -0.468 e. The van der Waals surface area contributed by atoms with E-state index in [1.807, 2.05) is 0 Å². The Morgan fingerprint density at radius 1 is 1.60 bits per heavy atom. The predicted molar refractivity (Wildman–Crippen MR) is 39.7 cm³/mol. The molecule has 0 fully saturated rings. The molecule has 3 heteroatoms. The summed E-state index contributed by atoms with van der Waals surface area (Å²) in [6.45, 7) is 5.35. The van der Waals surface area contributed by atoms with E-state index in [-0.39, 0.29) is 5.97 Å². The van der Waals surface area contributed by atoms with Gasteiger partial charge in [-0.3, -0.25) is 4.79 Å². The fourth-order valence-corrected chi connectivity index (χ4v) is 0.535. The molecule has 3 nitrogen and oxygen atoms in total. The number of methoxy groups -OCH3 is 1. The molecular formula is C7H15NO2. The average Bonchev–Trinajstić information content (AvgIpc) is 1.87. The second kappa shape index (κ2) is 5.23. The van der Waals surface area contributed by atoms with Crippen molar-refractivity contribution in [1.82, 2.24) is 5.32 Å². The summed E-state index contributed by atoms with van der Waals surface area (Å²) < 4.78 is 4.43. The van der Waals surface area contributed by atoms with Gasteiger partial charge in [-0.25, -0.2) is 0 Å². The molecule has 0 bridgehead atoms. The molecule has 0 spiro atoms. The highest BCUT2D eigenvalue weighted by Crippen LogP contribution is 1.85. The first-order chi connectivity index (χ1) is 4.66. The molecule has 0 aromatic carbocycles. The summed E-state index contributed by atoms with van der Waals surface area (Å²) in [5.74, 6) is 0.366. The van der Waals surface area contributed by atoms with Gasteiger partial charge in [0.15, 0.2) is 0 Å². The summed E-state index contributed by atoms with van der Waals surface area (Å²) in [4.78, 5) is 10.5. The van der Waals surface area contributed by atoms with E-state index in [0.717, 1.165) is 6.54 Å². The zero-order valence-electron chi connectivity index (χ0n) is 6.81. The molecule has 0 saturated heterocycles. The lowest BCUT2D eigenvalue weighted by atomic mass is 10.2. The molecule has 0 atom stereocenters. The normalized spacial score (nSPS) is 10.0. The average molecular weight is 145 g/mol. The summed E-state index contributed by atoms with van der Waals surface area (Å²) in [6, 6.07) is 0. The summed E-state index contributed by atoms with van der Waals surface area (Å²) >= 11 is 0. The Hall–Kier alpha value is -0.570. The van der Waals surface area contributed by atoms with Crippen molar-refractivity contribution in [2.75, 3.05) is 20.2 Å².